The van der Waals surface area contributed by atoms with Crippen LogP contribution in [-0.2, 0) is 0 Å². The van der Waals surface area contributed by atoms with Crippen LogP contribution in [0.15, 0.2) is 6.20 Å². The van der Waals surface area contributed by atoms with Gasteiger partial charge in [0.05, 0.1) is 11.3 Å². The SMILES string of the molecule is Cc1ncc(C(F)F)c(C=O)c1C#N. The molecule has 0 aromatic carbocycles. The highest BCUT2D eigenvalue weighted by atomic mass is 19.3. The van der Waals surface area contributed by atoms with Gasteiger partial charge >= 0.3 is 0 Å². The van der Waals surface area contributed by atoms with E-state index in [1.54, 1.807) is 6.07 Å². The van der Waals surface area contributed by atoms with Crippen LogP contribution in [0.4, 0.5) is 8.78 Å². The summed E-state index contributed by atoms with van der Waals surface area (Å²) in [7, 11) is 0. The third-order valence-corrected chi connectivity index (χ3v) is 1.80. The predicted molar refractivity (Wildman–Crippen MR) is 44.0 cm³/mol. The summed E-state index contributed by atoms with van der Waals surface area (Å²) in [5.41, 5.74) is -0.575. The van der Waals surface area contributed by atoms with Gasteiger partial charge in [-0.3, -0.25) is 9.78 Å². The van der Waals surface area contributed by atoms with Gasteiger partial charge < -0.3 is 0 Å². The van der Waals surface area contributed by atoms with E-state index >= 15 is 0 Å². The number of aldehydes is 1. The van der Waals surface area contributed by atoms with Crippen molar-refractivity contribution in [2.45, 2.75) is 13.3 Å². The van der Waals surface area contributed by atoms with Crippen LogP contribution in [0.1, 0.15) is 33.6 Å². The van der Waals surface area contributed by atoms with Crippen molar-refractivity contribution in [2.75, 3.05) is 0 Å². The van der Waals surface area contributed by atoms with E-state index in [0.29, 0.717) is 0 Å². The molecule has 3 nitrogen and oxygen atoms in total. The monoisotopic (exact) mass is 196 g/mol. The summed E-state index contributed by atoms with van der Waals surface area (Å²) in [4.78, 5) is 14.2. The Balaban J connectivity index is 3.50. The maximum Gasteiger partial charge on any atom is 0.266 e. The summed E-state index contributed by atoms with van der Waals surface area (Å²) in [6.07, 6.45) is -1.62. The number of alkyl halides is 2. The number of hydrogen-bond acceptors (Lipinski definition) is 3. The molecule has 1 heterocycles. The van der Waals surface area contributed by atoms with Crippen molar-refractivity contribution in [2.24, 2.45) is 0 Å². The van der Waals surface area contributed by atoms with Crippen LogP contribution in [0.2, 0.25) is 0 Å². The first kappa shape index (κ1) is 10.3. The van der Waals surface area contributed by atoms with Gasteiger partial charge in [-0.15, -0.1) is 0 Å². The Morgan fingerprint density at radius 2 is 2.29 bits per heavy atom. The molecule has 1 aromatic rings. The second kappa shape index (κ2) is 3.92. The lowest BCUT2D eigenvalue weighted by atomic mass is 10.0. The normalized spacial score (nSPS) is 9.93. The van der Waals surface area contributed by atoms with Crippen LogP contribution in [-0.4, -0.2) is 11.3 Å². The van der Waals surface area contributed by atoms with E-state index in [0.717, 1.165) is 6.20 Å². The molecule has 0 radical (unpaired) electrons. The Morgan fingerprint density at radius 1 is 1.64 bits per heavy atom. The second-order valence-corrected chi connectivity index (χ2v) is 2.62. The maximum atomic E-state index is 12.4. The number of nitriles is 1. The van der Waals surface area contributed by atoms with E-state index in [1.807, 2.05) is 0 Å². The van der Waals surface area contributed by atoms with Gasteiger partial charge in [-0.2, -0.15) is 5.26 Å². The van der Waals surface area contributed by atoms with E-state index in [2.05, 4.69) is 4.98 Å². The molecule has 0 saturated carbocycles. The lowest BCUT2D eigenvalue weighted by molar-refractivity contribution is 0.110. The molecule has 0 spiro atoms. The number of nitrogens with zero attached hydrogens (tertiary/aromatic N) is 2. The van der Waals surface area contributed by atoms with E-state index in [9.17, 15) is 13.6 Å². The average Bonchev–Trinajstić information content (AvgIpc) is 2.16. The fourth-order valence-corrected chi connectivity index (χ4v) is 1.08. The largest absolute Gasteiger partial charge is 0.298 e. The smallest absolute Gasteiger partial charge is 0.266 e. The van der Waals surface area contributed by atoms with Crippen molar-refractivity contribution in [3.63, 3.8) is 0 Å². The fraction of sp³-hybridized carbons (Fsp3) is 0.222. The lowest BCUT2D eigenvalue weighted by Crippen LogP contribution is -2.01. The van der Waals surface area contributed by atoms with Gasteiger partial charge in [-0.05, 0) is 6.92 Å². The fourth-order valence-electron chi connectivity index (χ4n) is 1.08. The van der Waals surface area contributed by atoms with Crippen LogP contribution < -0.4 is 0 Å². The Bertz CT molecular complexity index is 410. The number of aryl methyl sites for hydroxylation is 1. The first-order chi connectivity index (χ1) is 6.61. The minimum Gasteiger partial charge on any atom is -0.298 e. The van der Waals surface area contributed by atoms with Gasteiger partial charge in [-0.25, -0.2) is 8.78 Å². The molecule has 0 aliphatic carbocycles. The molecule has 1 aromatic heterocycles. The molecular weight excluding hydrogens is 190 g/mol. The Labute approximate surface area is 79.0 Å². The van der Waals surface area contributed by atoms with Gasteiger partial charge in [0.2, 0.25) is 0 Å². The van der Waals surface area contributed by atoms with Crippen LogP contribution in [0.5, 0.6) is 0 Å². The second-order valence-electron chi connectivity index (χ2n) is 2.62. The molecule has 0 atom stereocenters. The third kappa shape index (κ3) is 1.59. The lowest BCUT2D eigenvalue weighted by Gasteiger charge is -2.05. The minimum absolute atomic E-state index is 0.0854. The zero-order chi connectivity index (χ0) is 10.7. The number of pyridine rings is 1. The molecule has 0 aliphatic heterocycles. The van der Waals surface area contributed by atoms with Crippen molar-refractivity contribution in [3.05, 3.63) is 28.6 Å². The topological polar surface area (TPSA) is 53.8 Å². The molecule has 0 aliphatic rings. The van der Waals surface area contributed by atoms with Gasteiger partial charge in [0.1, 0.15) is 6.07 Å². The maximum absolute atomic E-state index is 12.4. The highest BCUT2D eigenvalue weighted by Crippen LogP contribution is 2.24. The zero-order valence-electron chi connectivity index (χ0n) is 7.29. The number of halogens is 2. The summed E-state index contributed by atoms with van der Waals surface area (Å²) in [6, 6.07) is 1.68. The first-order valence-corrected chi connectivity index (χ1v) is 3.74. The van der Waals surface area contributed by atoms with Crippen molar-refractivity contribution >= 4 is 6.29 Å². The summed E-state index contributed by atoms with van der Waals surface area (Å²) < 4.78 is 24.7. The molecule has 1 rings (SSSR count). The third-order valence-electron chi connectivity index (χ3n) is 1.80. The Hall–Kier alpha value is -1.83. The molecule has 14 heavy (non-hydrogen) atoms. The highest BCUT2D eigenvalue weighted by Gasteiger charge is 2.18. The summed E-state index contributed by atoms with van der Waals surface area (Å²) in [5, 5.41) is 8.64. The van der Waals surface area contributed by atoms with E-state index < -0.39 is 12.0 Å². The molecule has 0 saturated heterocycles. The van der Waals surface area contributed by atoms with E-state index in [1.165, 1.54) is 6.92 Å². The van der Waals surface area contributed by atoms with Crippen LogP contribution in [0.25, 0.3) is 0 Å². The Kier molecular flexibility index (Phi) is 2.87. The molecule has 72 valence electrons. The molecule has 0 unspecified atom stereocenters. The zero-order valence-corrected chi connectivity index (χ0v) is 7.29. The molecular formula is C9H6F2N2O. The summed E-state index contributed by atoms with van der Waals surface area (Å²) in [6.45, 7) is 1.49. The highest BCUT2D eigenvalue weighted by molar-refractivity contribution is 5.81. The number of rotatable bonds is 2. The van der Waals surface area contributed by atoms with Gasteiger partial charge in [0, 0.05) is 17.3 Å². The number of carbonyl (C=O) groups excluding carboxylic acids is 1. The van der Waals surface area contributed by atoms with Gasteiger partial charge in [0.25, 0.3) is 6.43 Å². The molecule has 0 bridgehead atoms. The van der Waals surface area contributed by atoms with Crippen molar-refractivity contribution in [1.29, 1.82) is 5.26 Å². The molecule has 0 amide bonds. The first-order valence-electron chi connectivity index (χ1n) is 3.74. The summed E-state index contributed by atoms with van der Waals surface area (Å²) >= 11 is 0. The van der Waals surface area contributed by atoms with Gasteiger partial charge in [0.15, 0.2) is 6.29 Å². The van der Waals surface area contributed by atoms with Crippen LogP contribution in [0.3, 0.4) is 0 Å². The predicted octanol–water partition coefficient (Wildman–Crippen LogP) is 2.01. The number of carbonyl (C=O) groups is 1. The standard InChI is InChI=1S/C9H6F2N2O/c1-5-6(2-12)8(4-14)7(3-13-5)9(10)11/h3-4,9H,1H3. The van der Waals surface area contributed by atoms with Crippen molar-refractivity contribution in [3.8, 4) is 6.07 Å². The summed E-state index contributed by atoms with van der Waals surface area (Å²) in [5.74, 6) is 0. The quantitative estimate of drug-likeness (QED) is 0.680. The van der Waals surface area contributed by atoms with Crippen LogP contribution >= 0.6 is 0 Å². The number of aromatic nitrogens is 1. The van der Waals surface area contributed by atoms with E-state index in [-0.39, 0.29) is 23.1 Å². The molecule has 5 heteroatoms. The molecule has 0 N–H and O–H groups in total. The molecule has 0 fully saturated rings. The van der Waals surface area contributed by atoms with Crippen LogP contribution in [0, 0.1) is 18.3 Å². The average molecular weight is 196 g/mol. The Morgan fingerprint density at radius 3 is 2.71 bits per heavy atom. The van der Waals surface area contributed by atoms with Crippen molar-refractivity contribution in [1.82, 2.24) is 4.98 Å². The van der Waals surface area contributed by atoms with Crippen molar-refractivity contribution < 1.29 is 13.6 Å². The van der Waals surface area contributed by atoms with E-state index in [4.69, 9.17) is 5.26 Å². The number of hydrogen-bond donors (Lipinski definition) is 0. The van der Waals surface area contributed by atoms with Gasteiger partial charge in [-0.1, -0.05) is 0 Å². The minimum atomic E-state index is -2.80.